The lowest BCUT2D eigenvalue weighted by atomic mass is 10.1. The first-order chi connectivity index (χ1) is 10.7. The molecule has 2 rings (SSSR count). The number of alkyl halides is 3. The van der Waals surface area contributed by atoms with Gasteiger partial charge in [0.2, 0.25) is 5.91 Å². The first-order valence-corrected chi connectivity index (χ1v) is 6.67. The molecule has 1 heterocycles. The summed E-state index contributed by atoms with van der Waals surface area (Å²) in [6, 6.07) is 5.79. The van der Waals surface area contributed by atoms with Crippen LogP contribution in [0.1, 0.15) is 29.8 Å². The lowest BCUT2D eigenvalue weighted by molar-refractivity contribution is -0.137. The Balaban J connectivity index is 2.24. The fraction of sp³-hybridized carbons (Fsp3) is 0.267. The summed E-state index contributed by atoms with van der Waals surface area (Å²) in [5, 5.41) is 15.2. The predicted molar refractivity (Wildman–Crippen MR) is 76.5 cm³/mol. The van der Waals surface area contributed by atoms with Crippen molar-refractivity contribution in [1.29, 1.82) is 5.26 Å². The summed E-state index contributed by atoms with van der Waals surface area (Å²) < 4.78 is 40.0. The van der Waals surface area contributed by atoms with E-state index in [1.807, 2.05) is 6.07 Å². The summed E-state index contributed by atoms with van der Waals surface area (Å²) in [5.74, 6) is -0.659. The number of carbonyl (C=O) groups excluding carboxylic acids is 1. The van der Waals surface area contributed by atoms with Crippen molar-refractivity contribution < 1.29 is 18.0 Å². The molecule has 0 saturated carbocycles. The number of para-hydroxylation sites is 1. The number of aromatic nitrogens is 2. The number of hydrogen-bond acceptors (Lipinski definition) is 3. The highest BCUT2D eigenvalue weighted by Crippen LogP contribution is 2.34. The van der Waals surface area contributed by atoms with Crippen LogP contribution in [0.2, 0.25) is 0 Å². The van der Waals surface area contributed by atoms with E-state index < -0.39 is 23.7 Å². The fourth-order valence-corrected chi connectivity index (χ4v) is 1.99. The van der Waals surface area contributed by atoms with Crippen LogP contribution in [0.3, 0.4) is 0 Å². The van der Waals surface area contributed by atoms with E-state index in [2.05, 4.69) is 10.4 Å². The van der Waals surface area contributed by atoms with Crippen LogP contribution in [-0.2, 0) is 11.0 Å². The maximum atomic E-state index is 12.9. The lowest BCUT2D eigenvalue weighted by Gasteiger charge is -2.16. The summed E-state index contributed by atoms with van der Waals surface area (Å²) in [6.45, 7) is 3.10. The molecule has 0 aliphatic carbocycles. The van der Waals surface area contributed by atoms with Gasteiger partial charge in [-0.15, -0.1) is 0 Å². The van der Waals surface area contributed by atoms with Gasteiger partial charge in [0.15, 0.2) is 0 Å². The molecule has 0 radical (unpaired) electrons. The number of hydrogen-bond donors (Lipinski definition) is 1. The molecule has 1 aromatic heterocycles. The number of nitrogens with one attached hydrogen (secondary N) is 1. The molecule has 2 aromatic rings. The van der Waals surface area contributed by atoms with Crippen molar-refractivity contribution >= 4 is 11.6 Å². The molecule has 1 aromatic carbocycles. The molecule has 8 heteroatoms. The maximum absolute atomic E-state index is 12.9. The average molecular weight is 322 g/mol. The Morgan fingerprint density at radius 1 is 1.39 bits per heavy atom. The van der Waals surface area contributed by atoms with Gasteiger partial charge >= 0.3 is 6.18 Å². The van der Waals surface area contributed by atoms with E-state index in [0.29, 0.717) is 11.3 Å². The lowest BCUT2D eigenvalue weighted by Crippen LogP contribution is -2.25. The van der Waals surface area contributed by atoms with E-state index in [0.717, 1.165) is 6.07 Å². The standard InChI is InChI=1S/C15H13F3N4O/c1-9-11(7-19)8-22(21-9)10(2)14(23)20-13-6-4-3-5-12(13)15(16,17)18/h3-6,8,10H,1-2H3,(H,20,23)/t10-/m0/s1. The van der Waals surface area contributed by atoms with E-state index in [4.69, 9.17) is 5.26 Å². The second kappa shape index (κ2) is 6.12. The van der Waals surface area contributed by atoms with Crippen molar-refractivity contribution in [2.45, 2.75) is 26.1 Å². The SMILES string of the molecule is Cc1nn([C@@H](C)C(=O)Nc2ccccc2C(F)(F)F)cc1C#N. The number of aryl methyl sites for hydroxylation is 1. The molecule has 0 fully saturated rings. The smallest absolute Gasteiger partial charge is 0.324 e. The van der Waals surface area contributed by atoms with Gasteiger partial charge in [-0.25, -0.2) is 0 Å². The van der Waals surface area contributed by atoms with Crippen LogP contribution in [0.5, 0.6) is 0 Å². The second-order valence-electron chi connectivity index (χ2n) is 4.93. The minimum atomic E-state index is -4.57. The quantitative estimate of drug-likeness (QED) is 0.942. The molecule has 0 bridgehead atoms. The third-order valence-corrected chi connectivity index (χ3v) is 3.30. The highest BCUT2D eigenvalue weighted by atomic mass is 19.4. The number of anilines is 1. The van der Waals surface area contributed by atoms with Crippen molar-refractivity contribution in [3.8, 4) is 6.07 Å². The summed E-state index contributed by atoms with van der Waals surface area (Å²) >= 11 is 0. The molecule has 0 aliphatic rings. The minimum Gasteiger partial charge on any atom is -0.324 e. The first-order valence-electron chi connectivity index (χ1n) is 6.67. The van der Waals surface area contributed by atoms with Crippen LogP contribution >= 0.6 is 0 Å². The number of nitriles is 1. The molecule has 0 spiro atoms. The van der Waals surface area contributed by atoms with E-state index in [1.165, 1.54) is 36.0 Å². The zero-order valence-corrected chi connectivity index (χ0v) is 12.3. The largest absolute Gasteiger partial charge is 0.418 e. The highest BCUT2D eigenvalue weighted by molar-refractivity contribution is 5.94. The van der Waals surface area contributed by atoms with Crippen LogP contribution in [0, 0.1) is 18.3 Å². The highest BCUT2D eigenvalue weighted by Gasteiger charge is 2.34. The van der Waals surface area contributed by atoms with Crippen molar-refractivity contribution in [3.63, 3.8) is 0 Å². The summed E-state index contributed by atoms with van der Waals surface area (Å²) in [5.41, 5.74) is -0.487. The molecule has 1 atom stereocenters. The van der Waals surface area contributed by atoms with Gasteiger partial charge < -0.3 is 5.32 Å². The van der Waals surface area contributed by atoms with Gasteiger partial charge in [-0.3, -0.25) is 9.48 Å². The Labute approximate surface area is 130 Å². The molecule has 1 amide bonds. The normalized spacial score (nSPS) is 12.5. The molecule has 0 unspecified atom stereocenters. The third-order valence-electron chi connectivity index (χ3n) is 3.30. The van der Waals surface area contributed by atoms with Crippen molar-refractivity contribution in [1.82, 2.24) is 9.78 Å². The van der Waals surface area contributed by atoms with Crippen LogP contribution in [0.4, 0.5) is 18.9 Å². The number of nitrogens with zero attached hydrogens (tertiary/aromatic N) is 3. The van der Waals surface area contributed by atoms with Crippen molar-refractivity contribution in [2.24, 2.45) is 0 Å². The molecule has 23 heavy (non-hydrogen) atoms. The van der Waals surface area contributed by atoms with Gasteiger partial charge in [0.05, 0.1) is 22.5 Å². The second-order valence-corrected chi connectivity index (χ2v) is 4.93. The molecule has 0 aliphatic heterocycles. The number of halogens is 3. The first kappa shape index (κ1) is 16.5. The van der Waals surface area contributed by atoms with Crippen LogP contribution < -0.4 is 5.32 Å². The average Bonchev–Trinajstić information content (AvgIpc) is 2.87. The Morgan fingerprint density at radius 3 is 2.61 bits per heavy atom. The molecular formula is C15H13F3N4O. The predicted octanol–water partition coefficient (Wildman–Crippen LogP) is 3.28. The van der Waals surface area contributed by atoms with E-state index >= 15 is 0 Å². The molecule has 0 saturated heterocycles. The number of amides is 1. The van der Waals surface area contributed by atoms with Gasteiger partial charge in [0.1, 0.15) is 12.1 Å². The van der Waals surface area contributed by atoms with Crippen LogP contribution in [0.25, 0.3) is 0 Å². The third kappa shape index (κ3) is 3.51. The van der Waals surface area contributed by atoms with Gasteiger partial charge in [-0.2, -0.15) is 23.5 Å². The van der Waals surface area contributed by atoms with Crippen LogP contribution in [0.15, 0.2) is 30.5 Å². The molecule has 120 valence electrons. The molecule has 5 nitrogen and oxygen atoms in total. The van der Waals surface area contributed by atoms with Gasteiger partial charge in [-0.05, 0) is 26.0 Å². The fourth-order valence-electron chi connectivity index (χ4n) is 1.99. The summed E-state index contributed by atoms with van der Waals surface area (Å²) in [7, 11) is 0. The topological polar surface area (TPSA) is 70.7 Å². The Bertz CT molecular complexity index is 774. The van der Waals surface area contributed by atoms with Gasteiger partial charge in [0.25, 0.3) is 0 Å². The Morgan fingerprint density at radius 2 is 2.04 bits per heavy atom. The zero-order chi connectivity index (χ0) is 17.2. The van der Waals surface area contributed by atoms with Gasteiger partial charge in [0, 0.05) is 6.20 Å². The molecular weight excluding hydrogens is 309 g/mol. The minimum absolute atomic E-state index is 0.306. The number of rotatable bonds is 3. The van der Waals surface area contributed by atoms with Crippen molar-refractivity contribution in [2.75, 3.05) is 5.32 Å². The van der Waals surface area contributed by atoms with E-state index in [-0.39, 0.29) is 5.69 Å². The summed E-state index contributed by atoms with van der Waals surface area (Å²) in [6.07, 6.45) is -3.18. The number of carbonyl (C=O) groups is 1. The maximum Gasteiger partial charge on any atom is 0.418 e. The molecule has 1 N–H and O–H groups in total. The number of benzene rings is 1. The summed E-state index contributed by atoms with van der Waals surface area (Å²) in [4.78, 5) is 12.2. The Hall–Kier alpha value is -2.82. The van der Waals surface area contributed by atoms with E-state index in [1.54, 1.807) is 6.92 Å². The monoisotopic (exact) mass is 322 g/mol. The zero-order valence-electron chi connectivity index (χ0n) is 12.3. The van der Waals surface area contributed by atoms with Crippen LogP contribution in [-0.4, -0.2) is 15.7 Å². The van der Waals surface area contributed by atoms with Gasteiger partial charge in [-0.1, -0.05) is 12.1 Å². The van der Waals surface area contributed by atoms with Crippen molar-refractivity contribution in [3.05, 3.63) is 47.3 Å². The Kier molecular flexibility index (Phi) is 4.40. The van der Waals surface area contributed by atoms with E-state index in [9.17, 15) is 18.0 Å².